The first-order valence-electron chi connectivity index (χ1n) is 7.51. The molecular weight excluding hydrogens is 276 g/mol. The van der Waals surface area contributed by atoms with Crippen LogP contribution in [0.5, 0.6) is 0 Å². The number of carbonyl (C=O) groups excluding carboxylic acids is 1. The predicted octanol–water partition coefficient (Wildman–Crippen LogP) is 2.17. The van der Waals surface area contributed by atoms with Gasteiger partial charge in [0, 0.05) is 24.1 Å². The summed E-state index contributed by atoms with van der Waals surface area (Å²) >= 11 is 1.60. The number of carbonyl (C=O) groups is 2. The molecule has 1 aliphatic carbocycles. The summed E-state index contributed by atoms with van der Waals surface area (Å²) in [6.07, 6.45) is 5.65. The molecule has 6 heteroatoms. The maximum absolute atomic E-state index is 12.4. The smallest absolute Gasteiger partial charge is 0.327 e. The van der Waals surface area contributed by atoms with Crippen molar-refractivity contribution in [1.29, 1.82) is 0 Å². The second-order valence-electron chi connectivity index (χ2n) is 5.63. The Balaban J connectivity index is 1.96. The summed E-state index contributed by atoms with van der Waals surface area (Å²) in [5, 5.41) is 12.3. The van der Waals surface area contributed by atoms with Gasteiger partial charge in [-0.15, -0.1) is 0 Å². The van der Waals surface area contributed by atoms with Gasteiger partial charge < -0.3 is 15.3 Å². The van der Waals surface area contributed by atoms with E-state index in [1.165, 1.54) is 17.7 Å². The van der Waals surface area contributed by atoms with Crippen molar-refractivity contribution < 1.29 is 14.7 Å². The van der Waals surface area contributed by atoms with Crippen LogP contribution in [0.2, 0.25) is 0 Å². The Morgan fingerprint density at radius 3 is 2.80 bits per heavy atom. The number of urea groups is 1. The van der Waals surface area contributed by atoms with E-state index in [0.29, 0.717) is 18.2 Å². The zero-order valence-corrected chi connectivity index (χ0v) is 12.8. The molecule has 0 aromatic carbocycles. The molecule has 0 aromatic heterocycles. The van der Waals surface area contributed by atoms with Gasteiger partial charge in [-0.05, 0) is 18.8 Å². The summed E-state index contributed by atoms with van der Waals surface area (Å²) in [4.78, 5) is 25.1. The molecule has 5 nitrogen and oxygen atoms in total. The lowest BCUT2D eigenvalue weighted by Crippen LogP contribution is -2.56. The van der Waals surface area contributed by atoms with E-state index in [4.69, 9.17) is 0 Å². The van der Waals surface area contributed by atoms with Crippen LogP contribution < -0.4 is 5.32 Å². The molecule has 2 N–H and O–H groups in total. The van der Waals surface area contributed by atoms with Crippen molar-refractivity contribution in [2.24, 2.45) is 5.92 Å². The molecule has 1 heterocycles. The summed E-state index contributed by atoms with van der Waals surface area (Å²) in [7, 11) is 0. The quantitative estimate of drug-likeness (QED) is 0.838. The van der Waals surface area contributed by atoms with E-state index in [9.17, 15) is 14.7 Å². The molecule has 1 saturated carbocycles. The number of carboxylic acid groups (broad SMARTS) is 1. The van der Waals surface area contributed by atoms with E-state index in [1.807, 2.05) is 0 Å². The zero-order valence-electron chi connectivity index (χ0n) is 12.0. The van der Waals surface area contributed by atoms with Crippen LogP contribution in [0.3, 0.4) is 0 Å². The Labute approximate surface area is 124 Å². The van der Waals surface area contributed by atoms with Crippen LogP contribution in [0.15, 0.2) is 0 Å². The van der Waals surface area contributed by atoms with Crippen LogP contribution in [0.4, 0.5) is 4.79 Å². The van der Waals surface area contributed by atoms with Crippen molar-refractivity contribution in [3.8, 4) is 0 Å². The minimum absolute atomic E-state index is 0.192. The molecule has 2 fully saturated rings. The summed E-state index contributed by atoms with van der Waals surface area (Å²) < 4.78 is 0. The van der Waals surface area contributed by atoms with Gasteiger partial charge in [-0.1, -0.05) is 26.2 Å². The molecule has 1 aliphatic heterocycles. The van der Waals surface area contributed by atoms with E-state index in [1.54, 1.807) is 11.8 Å². The maximum atomic E-state index is 12.4. The third-order valence-corrected chi connectivity index (χ3v) is 5.44. The first-order valence-corrected chi connectivity index (χ1v) is 8.66. The van der Waals surface area contributed by atoms with E-state index in [0.717, 1.165) is 25.0 Å². The van der Waals surface area contributed by atoms with Crippen LogP contribution in [0.25, 0.3) is 0 Å². The van der Waals surface area contributed by atoms with Gasteiger partial charge in [0.15, 0.2) is 0 Å². The van der Waals surface area contributed by atoms with Crippen LogP contribution in [-0.4, -0.2) is 52.1 Å². The fraction of sp³-hybridized carbons (Fsp3) is 0.857. The Morgan fingerprint density at radius 2 is 2.10 bits per heavy atom. The molecule has 0 radical (unpaired) electrons. The third kappa shape index (κ3) is 3.59. The Kier molecular flexibility index (Phi) is 5.57. The maximum Gasteiger partial charge on any atom is 0.327 e. The minimum atomic E-state index is -0.900. The summed E-state index contributed by atoms with van der Waals surface area (Å²) in [5.41, 5.74) is 0. The zero-order chi connectivity index (χ0) is 14.5. The molecule has 114 valence electrons. The number of hydrogen-bond donors (Lipinski definition) is 2. The molecule has 0 aromatic rings. The van der Waals surface area contributed by atoms with Crippen molar-refractivity contribution in [1.82, 2.24) is 10.2 Å². The van der Waals surface area contributed by atoms with Crippen LogP contribution >= 0.6 is 11.8 Å². The number of hydrogen-bond acceptors (Lipinski definition) is 3. The fourth-order valence-corrected chi connectivity index (χ4v) is 4.22. The van der Waals surface area contributed by atoms with E-state index in [2.05, 4.69) is 12.2 Å². The molecule has 0 bridgehead atoms. The monoisotopic (exact) mass is 300 g/mol. The topological polar surface area (TPSA) is 69.6 Å². The van der Waals surface area contributed by atoms with Crippen molar-refractivity contribution in [3.63, 3.8) is 0 Å². The summed E-state index contributed by atoms with van der Waals surface area (Å²) in [5.74, 6) is 0.946. The van der Waals surface area contributed by atoms with E-state index >= 15 is 0 Å². The van der Waals surface area contributed by atoms with Crippen molar-refractivity contribution in [3.05, 3.63) is 0 Å². The van der Waals surface area contributed by atoms with Crippen molar-refractivity contribution in [2.45, 2.75) is 51.1 Å². The molecule has 2 amide bonds. The highest BCUT2D eigenvalue weighted by Gasteiger charge is 2.34. The number of thioether (sulfide) groups is 1. The van der Waals surface area contributed by atoms with Gasteiger partial charge in [0.1, 0.15) is 6.04 Å². The standard InChI is InChI=1S/C14H24N2O3S/c1-2-10-5-3-4-6-11(10)15-14(19)16-7-8-20-9-12(16)13(17)18/h10-12H,2-9H2,1H3,(H,15,19)(H,17,18). The molecule has 2 rings (SSSR count). The molecule has 20 heavy (non-hydrogen) atoms. The Bertz CT molecular complexity index is 364. The van der Waals surface area contributed by atoms with Gasteiger partial charge in [-0.2, -0.15) is 11.8 Å². The van der Waals surface area contributed by atoms with Gasteiger partial charge in [-0.25, -0.2) is 9.59 Å². The number of rotatable bonds is 3. The second kappa shape index (κ2) is 7.20. The van der Waals surface area contributed by atoms with Gasteiger partial charge >= 0.3 is 12.0 Å². The third-order valence-electron chi connectivity index (χ3n) is 4.42. The van der Waals surface area contributed by atoms with Gasteiger partial charge in [0.25, 0.3) is 0 Å². The number of nitrogens with zero attached hydrogens (tertiary/aromatic N) is 1. The molecule has 3 unspecified atom stereocenters. The molecule has 3 atom stereocenters. The minimum Gasteiger partial charge on any atom is -0.480 e. The van der Waals surface area contributed by atoms with Crippen molar-refractivity contribution in [2.75, 3.05) is 18.1 Å². The number of nitrogens with one attached hydrogen (secondary N) is 1. The van der Waals surface area contributed by atoms with Crippen LogP contribution in [0.1, 0.15) is 39.0 Å². The van der Waals surface area contributed by atoms with Gasteiger partial charge in [-0.3, -0.25) is 0 Å². The van der Waals surface area contributed by atoms with Gasteiger partial charge in [0.2, 0.25) is 0 Å². The first-order chi connectivity index (χ1) is 9.63. The summed E-state index contributed by atoms with van der Waals surface area (Å²) in [6.45, 7) is 2.68. The highest BCUT2D eigenvalue weighted by molar-refractivity contribution is 7.99. The second-order valence-corrected chi connectivity index (χ2v) is 6.78. The molecule has 2 aliphatic rings. The lowest BCUT2D eigenvalue weighted by molar-refractivity contribution is -0.141. The lowest BCUT2D eigenvalue weighted by atomic mass is 9.83. The number of amides is 2. The van der Waals surface area contributed by atoms with E-state index in [-0.39, 0.29) is 12.1 Å². The van der Waals surface area contributed by atoms with Gasteiger partial charge in [0.05, 0.1) is 0 Å². The molecule has 1 saturated heterocycles. The fourth-order valence-electron chi connectivity index (χ4n) is 3.18. The van der Waals surface area contributed by atoms with Crippen LogP contribution in [0, 0.1) is 5.92 Å². The predicted molar refractivity (Wildman–Crippen MR) is 80.0 cm³/mol. The summed E-state index contributed by atoms with van der Waals surface area (Å²) in [6, 6.07) is -0.661. The average Bonchev–Trinajstić information content (AvgIpc) is 2.47. The number of carboxylic acids is 1. The molecular formula is C14H24N2O3S. The molecule has 0 spiro atoms. The number of aliphatic carboxylic acids is 1. The first kappa shape index (κ1) is 15.5. The Morgan fingerprint density at radius 1 is 1.35 bits per heavy atom. The Hall–Kier alpha value is -0.910. The van der Waals surface area contributed by atoms with Crippen LogP contribution in [-0.2, 0) is 4.79 Å². The highest BCUT2D eigenvalue weighted by Crippen LogP contribution is 2.27. The SMILES string of the molecule is CCC1CCCCC1NC(=O)N1CCSCC1C(=O)O. The lowest BCUT2D eigenvalue weighted by Gasteiger charge is -2.37. The largest absolute Gasteiger partial charge is 0.480 e. The normalized spacial score (nSPS) is 30.9. The highest BCUT2D eigenvalue weighted by atomic mass is 32.2. The average molecular weight is 300 g/mol. The van der Waals surface area contributed by atoms with Crippen molar-refractivity contribution >= 4 is 23.8 Å². The van der Waals surface area contributed by atoms with E-state index < -0.39 is 12.0 Å².